The number of cyclic esters (lactones) is 1. The fourth-order valence-electron chi connectivity index (χ4n) is 1.97. The molecule has 2 amide bonds. The predicted octanol–water partition coefficient (Wildman–Crippen LogP) is 1.35. The van der Waals surface area contributed by atoms with Crippen LogP contribution in [0.3, 0.4) is 0 Å². The number of Topliss-reactive ketones (excluding diaryl/α,β-unsaturated/α-hetero) is 1. The van der Waals surface area contributed by atoms with Crippen molar-refractivity contribution in [1.29, 1.82) is 0 Å². The first-order valence-electron chi connectivity index (χ1n) is 6.31. The minimum absolute atomic E-state index is 0.0240. The second kappa shape index (κ2) is 5.73. The van der Waals surface area contributed by atoms with Crippen LogP contribution in [0, 0.1) is 0 Å². The molecule has 1 heterocycles. The third-order valence-corrected chi connectivity index (χ3v) is 3.04. The Bertz CT molecular complexity index is 539. The summed E-state index contributed by atoms with van der Waals surface area (Å²) in [5.41, 5.74) is 1.27. The van der Waals surface area contributed by atoms with Gasteiger partial charge in [0.05, 0.1) is 13.1 Å². The average molecular weight is 276 g/mol. The first-order chi connectivity index (χ1) is 9.47. The molecular weight excluding hydrogens is 260 g/mol. The molecule has 6 heteroatoms. The molecule has 0 radical (unpaired) electrons. The largest absolute Gasteiger partial charge is 0.442 e. The van der Waals surface area contributed by atoms with E-state index in [0.29, 0.717) is 24.3 Å². The highest BCUT2D eigenvalue weighted by atomic mass is 16.6. The Kier molecular flexibility index (Phi) is 4.02. The molecule has 1 N–H and O–H groups in total. The molecule has 1 aromatic carbocycles. The van der Waals surface area contributed by atoms with Gasteiger partial charge in [0.15, 0.2) is 5.78 Å². The van der Waals surface area contributed by atoms with Gasteiger partial charge in [-0.25, -0.2) is 4.79 Å². The molecule has 1 fully saturated rings. The molecule has 0 aliphatic carbocycles. The standard InChI is InChI=1S/C14H16N2O4/c1-9(17)11-3-5-12(6-4-11)16-8-13(20-14(16)19)7-15-10(2)18/h3-6,13H,7-8H2,1-2H3,(H,15,18)/t13-/m0/s1. The van der Waals surface area contributed by atoms with Crippen LogP contribution in [0.25, 0.3) is 0 Å². The van der Waals surface area contributed by atoms with Crippen LogP contribution < -0.4 is 10.2 Å². The van der Waals surface area contributed by atoms with Crippen LogP contribution in [0.15, 0.2) is 24.3 Å². The summed E-state index contributed by atoms with van der Waals surface area (Å²) < 4.78 is 5.16. The van der Waals surface area contributed by atoms with Gasteiger partial charge < -0.3 is 10.1 Å². The minimum atomic E-state index is -0.448. The molecule has 0 aromatic heterocycles. The van der Waals surface area contributed by atoms with Gasteiger partial charge in [-0.3, -0.25) is 14.5 Å². The Morgan fingerprint density at radius 3 is 2.50 bits per heavy atom. The number of anilines is 1. The molecule has 1 aliphatic rings. The van der Waals surface area contributed by atoms with E-state index in [1.807, 2.05) is 0 Å². The smallest absolute Gasteiger partial charge is 0.414 e. The van der Waals surface area contributed by atoms with Gasteiger partial charge in [0.1, 0.15) is 6.10 Å². The maximum absolute atomic E-state index is 11.8. The van der Waals surface area contributed by atoms with Crippen molar-refractivity contribution in [3.05, 3.63) is 29.8 Å². The summed E-state index contributed by atoms with van der Waals surface area (Å²) in [5, 5.41) is 2.62. The molecule has 106 valence electrons. The van der Waals surface area contributed by atoms with E-state index in [0.717, 1.165) is 0 Å². The molecule has 0 spiro atoms. The van der Waals surface area contributed by atoms with Gasteiger partial charge >= 0.3 is 6.09 Å². The zero-order valence-electron chi connectivity index (χ0n) is 11.4. The highest BCUT2D eigenvalue weighted by Gasteiger charge is 2.32. The van der Waals surface area contributed by atoms with Gasteiger partial charge in [0.25, 0.3) is 0 Å². The van der Waals surface area contributed by atoms with E-state index in [1.54, 1.807) is 24.3 Å². The van der Waals surface area contributed by atoms with Gasteiger partial charge in [0, 0.05) is 18.2 Å². The Morgan fingerprint density at radius 2 is 1.95 bits per heavy atom. The molecule has 2 rings (SSSR count). The minimum Gasteiger partial charge on any atom is -0.442 e. The number of carbonyl (C=O) groups excluding carboxylic acids is 3. The highest BCUT2D eigenvalue weighted by molar-refractivity contribution is 5.95. The van der Waals surface area contributed by atoms with Gasteiger partial charge in [-0.15, -0.1) is 0 Å². The number of carbonyl (C=O) groups is 3. The second-order valence-corrected chi connectivity index (χ2v) is 4.66. The van der Waals surface area contributed by atoms with E-state index in [1.165, 1.54) is 18.7 Å². The van der Waals surface area contributed by atoms with Crippen LogP contribution in [0.4, 0.5) is 10.5 Å². The lowest BCUT2D eigenvalue weighted by Crippen LogP contribution is -2.33. The molecule has 1 atom stereocenters. The topological polar surface area (TPSA) is 75.7 Å². The van der Waals surface area contributed by atoms with Gasteiger partial charge in [-0.1, -0.05) is 0 Å². The van der Waals surface area contributed by atoms with Gasteiger partial charge in [-0.05, 0) is 31.2 Å². The fourth-order valence-corrected chi connectivity index (χ4v) is 1.97. The molecule has 1 saturated heterocycles. The Hall–Kier alpha value is -2.37. The molecule has 0 bridgehead atoms. The van der Waals surface area contributed by atoms with Gasteiger partial charge in [0.2, 0.25) is 5.91 Å². The lowest BCUT2D eigenvalue weighted by atomic mass is 10.1. The number of ether oxygens (including phenoxy) is 1. The normalized spacial score (nSPS) is 17.8. The van der Waals surface area contributed by atoms with E-state index in [4.69, 9.17) is 4.74 Å². The lowest BCUT2D eigenvalue weighted by molar-refractivity contribution is -0.119. The van der Waals surface area contributed by atoms with Crippen LogP contribution in [0.2, 0.25) is 0 Å². The van der Waals surface area contributed by atoms with Crippen LogP contribution >= 0.6 is 0 Å². The third-order valence-electron chi connectivity index (χ3n) is 3.04. The van der Waals surface area contributed by atoms with E-state index in [-0.39, 0.29) is 17.8 Å². The van der Waals surface area contributed by atoms with Crippen LogP contribution in [-0.2, 0) is 9.53 Å². The van der Waals surface area contributed by atoms with E-state index < -0.39 is 6.09 Å². The maximum atomic E-state index is 11.8. The van der Waals surface area contributed by atoms with Gasteiger partial charge in [-0.2, -0.15) is 0 Å². The number of amides is 2. The molecule has 6 nitrogen and oxygen atoms in total. The zero-order chi connectivity index (χ0) is 14.7. The number of hydrogen-bond acceptors (Lipinski definition) is 4. The van der Waals surface area contributed by atoms with Crippen molar-refractivity contribution in [1.82, 2.24) is 5.32 Å². The number of hydrogen-bond donors (Lipinski definition) is 1. The first kappa shape index (κ1) is 14.0. The van der Waals surface area contributed by atoms with Crippen molar-refractivity contribution >= 4 is 23.5 Å². The predicted molar refractivity (Wildman–Crippen MR) is 72.7 cm³/mol. The SMILES string of the molecule is CC(=O)NC[C@H]1CN(c2ccc(C(C)=O)cc2)C(=O)O1. The number of benzene rings is 1. The van der Waals surface area contributed by atoms with Crippen molar-refractivity contribution in [3.63, 3.8) is 0 Å². The molecule has 1 aromatic rings. The van der Waals surface area contributed by atoms with Crippen LogP contribution in [0.5, 0.6) is 0 Å². The number of ketones is 1. The summed E-state index contributed by atoms with van der Waals surface area (Å²) in [6.07, 6.45) is -0.810. The summed E-state index contributed by atoms with van der Waals surface area (Å²) in [6.45, 7) is 3.57. The maximum Gasteiger partial charge on any atom is 0.414 e. The van der Waals surface area contributed by atoms with E-state index >= 15 is 0 Å². The number of nitrogens with zero attached hydrogens (tertiary/aromatic N) is 1. The summed E-state index contributed by atoms with van der Waals surface area (Å²) in [4.78, 5) is 35.3. The van der Waals surface area contributed by atoms with Crippen LogP contribution in [0.1, 0.15) is 24.2 Å². The number of nitrogens with one attached hydrogen (secondary N) is 1. The quantitative estimate of drug-likeness (QED) is 0.842. The molecule has 20 heavy (non-hydrogen) atoms. The Labute approximate surface area is 116 Å². The average Bonchev–Trinajstić information content (AvgIpc) is 2.78. The molecular formula is C14H16N2O4. The highest BCUT2D eigenvalue weighted by Crippen LogP contribution is 2.22. The molecule has 0 saturated carbocycles. The summed E-state index contributed by atoms with van der Waals surface area (Å²) in [5.74, 6) is -0.186. The van der Waals surface area contributed by atoms with Crippen molar-refractivity contribution in [3.8, 4) is 0 Å². The molecule has 1 aliphatic heterocycles. The number of rotatable bonds is 4. The molecule has 0 unspecified atom stereocenters. The Balaban J connectivity index is 2.03. The first-order valence-corrected chi connectivity index (χ1v) is 6.31. The monoisotopic (exact) mass is 276 g/mol. The summed E-state index contributed by atoms with van der Waals surface area (Å²) in [7, 11) is 0. The fraction of sp³-hybridized carbons (Fsp3) is 0.357. The van der Waals surface area contributed by atoms with E-state index in [9.17, 15) is 14.4 Å². The summed E-state index contributed by atoms with van der Waals surface area (Å²) >= 11 is 0. The summed E-state index contributed by atoms with van der Waals surface area (Å²) in [6, 6.07) is 6.76. The Morgan fingerprint density at radius 1 is 1.30 bits per heavy atom. The van der Waals surface area contributed by atoms with E-state index in [2.05, 4.69) is 5.32 Å². The third kappa shape index (κ3) is 3.14. The zero-order valence-corrected chi connectivity index (χ0v) is 11.4. The van der Waals surface area contributed by atoms with Crippen molar-refractivity contribution in [2.24, 2.45) is 0 Å². The second-order valence-electron chi connectivity index (χ2n) is 4.66. The lowest BCUT2D eigenvalue weighted by Gasteiger charge is -2.13. The van der Waals surface area contributed by atoms with Crippen molar-refractivity contribution < 1.29 is 19.1 Å². The van der Waals surface area contributed by atoms with Crippen molar-refractivity contribution in [2.75, 3.05) is 18.0 Å². The van der Waals surface area contributed by atoms with Crippen molar-refractivity contribution in [2.45, 2.75) is 20.0 Å². The van der Waals surface area contributed by atoms with Crippen LogP contribution in [-0.4, -0.2) is 37.0 Å².